The molecule has 0 saturated carbocycles. The van der Waals surface area contributed by atoms with E-state index in [0.29, 0.717) is 22.8 Å². The fraction of sp³-hybridized carbons (Fsp3) is 0.562. The van der Waals surface area contributed by atoms with Crippen LogP contribution in [0.5, 0.6) is 17.2 Å². The number of rotatable bonds is 6. The Balaban J connectivity index is 3.68. The van der Waals surface area contributed by atoms with Crippen molar-refractivity contribution in [2.45, 2.75) is 34.1 Å². The molecular weight excluding hydrogens is 256 g/mol. The van der Waals surface area contributed by atoms with Crippen molar-refractivity contribution < 1.29 is 19.0 Å². The molecule has 0 radical (unpaired) electrons. The second-order valence-electron chi connectivity index (χ2n) is 4.90. The Morgan fingerprint density at radius 1 is 0.950 bits per heavy atom. The van der Waals surface area contributed by atoms with Crippen LogP contribution in [0.1, 0.15) is 41.8 Å². The maximum absolute atomic E-state index is 12.6. The number of hydrogen-bond acceptors (Lipinski definition) is 4. The number of benzene rings is 1. The number of carbonyl (C=O) groups is 1. The first-order chi connectivity index (χ1) is 9.44. The Morgan fingerprint density at radius 2 is 1.35 bits per heavy atom. The molecule has 0 unspecified atom stereocenters. The molecule has 1 rings (SSSR count). The predicted molar refractivity (Wildman–Crippen MR) is 79.4 cm³/mol. The van der Waals surface area contributed by atoms with Crippen LogP contribution in [-0.4, -0.2) is 27.1 Å². The summed E-state index contributed by atoms with van der Waals surface area (Å²) < 4.78 is 16.3. The minimum atomic E-state index is -0.0787. The fourth-order valence-electron chi connectivity index (χ4n) is 2.44. The van der Waals surface area contributed by atoms with Gasteiger partial charge in [0.2, 0.25) is 0 Å². The minimum Gasteiger partial charge on any atom is -0.496 e. The van der Waals surface area contributed by atoms with Gasteiger partial charge in [-0.05, 0) is 20.3 Å². The Bertz CT molecular complexity index is 475. The largest absolute Gasteiger partial charge is 0.496 e. The molecule has 0 amide bonds. The molecule has 0 N–H and O–H groups in total. The van der Waals surface area contributed by atoms with E-state index in [1.54, 1.807) is 21.3 Å². The van der Waals surface area contributed by atoms with E-state index in [2.05, 4.69) is 0 Å². The van der Waals surface area contributed by atoms with E-state index in [0.717, 1.165) is 17.5 Å². The van der Waals surface area contributed by atoms with Crippen LogP contribution in [0.2, 0.25) is 0 Å². The van der Waals surface area contributed by atoms with E-state index in [4.69, 9.17) is 14.2 Å². The first kappa shape index (κ1) is 16.3. The third-order valence-corrected chi connectivity index (χ3v) is 3.74. The van der Waals surface area contributed by atoms with Crippen LogP contribution in [0.4, 0.5) is 0 Å². The summed E-state index contributed by atoms with van der Waals surface area (Å²) in [6.07, 6.45) is 0.773. The molecule has 1 atom stereocenters. The molecule has 0 heterocycles. The Hall–Kier alpha value is -1.71. The zero-order valence-corrected chi connectivity index (χ0v) is 13.4. The van der Waals surface area contributed by atoms with Gasteiger partial charge in [0, 0.05) is 17.0 Å². The summed E-state index contributed by atoms with van der Waals surface area (Å²) in [5.74, 6) is 1.73. The van der Waals surface area contributed by atoms with Gasteiger partial charge in [-0.15, -0.1) is 0 Å². The molecule has 0 bridgehead atoms. The van der Waals surface area contributed by atoms with Crippen LogP contribution in [0.3, 0.4) is 0 Å². The Kier molecular flexibility index (Phi) is 5.43. The molecule has 1 aromatic rings. The van der Waals surface area contributed by atoms with Gasteiger partial charge in [-0.1, -0.05) is 13.8 Å². The number of hydrogen-bond donors (Lipinski definition) is 0. The van der Waals surface area contributed by atoms with Crippen LogP contribution in [0.25, 0.3) is 0 Å². The average molecular weight is 280 g/mol. The zero-order valence-electron chi connectivity index (χ0n) is 13.4. The van der Waals surface area contributed by atoms with E-state index in [1.165, 1.54) is 0 Å². The zero-order chi connectivity index (χ0) is 15.4. The van der Waals surface area contributed by atoms with E-state index in [9.17, 15) is 4.79 Å². The summed E-state index contributed by atoms with van der Waals surface area (Å²) >= 11 is 0. The highest BCUT2D eigenvalue weighted by Gasteiger charge is 2.28. The van der Waals surface area contributed by atoms with E-state index in [1.807, 2.05) is 27.7 Å². The van der Waals surface area contributed by atoms with Gasteiger partial charge < -0.3 is 14.2 Å². The summed E-state index contributed by atoms with van der Waals surface area (Å²) in [5.41, 5.74) is 2.15. The number of ether oxygens (including phenoxy) is 3. The van der Waals surface area contributed by atoms with E-state index < -0.39 is 0 Å². The van der Waals surface area contributed by atoms with Gasteiger partial charge in [0.25, 0.3) is 0 Å². The van der Waals surface area contributed by atoms with Gasteiger partial charge in [-0.2, -0.15) is 0 Å². The SMILES string of the molecule is CC[C@H](C)C(=O)c1c(OC)c(C)c(OC)c(C)c1OC. The average Bonchev–Trinajstić information content (AvgIpc) is 2.45. The van der Waals surface area contributed by atoms with Gasteiger partial charge >= 0.3 is 0 Å². The lowest BCUT2D eigenvalue weighted by molar-refractivity contribution is 0.0920. The molecule has 112 valence electrons. The summed E-state index contributed by atoms with van der Waals surface area (Å²) in [6, 6.07) is 0. The van der Waals surface area contributed by atoms with Gasteiger partial charge in [-0.25, -0.2) is 0 Å². The smallest absolute Gasteiger partial charge is 0.173 e. The highest BCUT2D eigenvalue weighted by molar-refractivity contribution is 6.04. The standard InChI is InChI=1S/C16H24O4/c1-8-9(2)13(17)12-15(19-6)10(3)14(18-5)11(4)16(12)20-7/h9H,8H2,1-7H3/t9-/m0/s1. The molecule has 0 spiro atoms. The summed E-state index contributed by atoms with van der Waals surface area (Å²) in [5, 5.41) is 0. The monoisotopic (exact) mass is 280 g/mol. The maximum Gasteiger partial charge on any atom is 0.173 e. The summed E-state index contributed by atoms with van der Waals surface area (Å²) in [7, 11) is 4.72. The van der Waals surface area contributed by atoms with Gasteiger partial charge in [-0.3, -0.25) is 4.79 Å². The van der Waals surface area contributed by atoms with E-state index in [-0.39, 0.29) is 11.7 Å². The second-order valence-corrected chi connectivity index (χ2v) is 4.90. The summed E-state index contributed by atoms with van der Waals surface area (Å²) in [6.45, 7) is 7.68. The van der Waals surface area contributed by atoms with Crippen molar-refractivity contribution >= 4 is 5.78 Å². The Labute approximate surface area is 121 Å². The minimum absolute atomic E-state index is 0.0371. The third-order valence-electron chi connectivity index (χ3n) is 3.74. The molecule has 4 heteroatoms. The number of Topliss-reactive ketones (excluding diaryl/α,β-unsaturated/α-hetero) is 1. The quantitative estimate of drug-likeness (QED) is 0.747. The lowest BCUT2D eigenvalue weighted by Gasteiger charge is -2.21. The molecule has 20 heavy (non-hydrogen) atoms. The first-order valence-corrected chi connectivity index (χ1v) is 6.77. The lowest BCUT2D eigenvalue weighted by Crippen LogP contribution is -2.15. The van der Waals surface area contributed by atoms with Crippen molar-refractivity contribution in [3.05, 3.63) is 16.7 Å². The van der Waals surface area contributed by atoms with Gasteiger partial charge in [0.1, 0.15) is 22.8 Å². The van der Waals surface area contributed by atoms with Crippen LogP contribution in [-0.2, 0) is 0 Å². The fourth-order valence-corrected chi connectivity index (χ4v) is 2.44. The van der Waals surface area contributed by atoms with Gasteiger partial charge in [0.05, 0.1) is 21.3 Å². The number of ketones is 1. The third kappa shape index (κ3) is 2.60. The number of methoxy groups -OCH3 is 3. The normalized spacial score (nSPS) is 11.9. The van der Waals surface area contributed by atoms with Crippen molar-refractivity contribution in [3.8, 4) is 17.2 Å². The van der Waals surface area contributed by atoms with Crippen molar-refractivity contribution in [2.24, 2.45) is 5.92 Å². The van der Waals surface area contributed by atoms with Gasteiger partial charge in [0.15, 0.2) is 5.78 Å². The second kappa shape index (κ2) is 6.64. The van der Waals surface area contributed by atoms with Crippen LogP contribution in [0, 0.1) is 19.8 Å². The Morgan fingerprint density at radius 3 is 1.65 bits per heavy atom. The molecule has 0 saturated heterocycles. The molecule has 0 aliphatic rings. The molecular formula is C16H24O4. The molecule has 0 fully saturated rings. The van der Waals surface area contributed by atoms with Crippen LogP contribution < -0.4 is 14.2 Å². The molecule has 1 aromatic carbocycles. The number of carbonyl (C=O) groups excluding carboxylic acids is 1. The predicted octanol–water partition coefficient (Wildman–Crippen LogP) is 3.56. The van der Waals surface area contributed by atoms with E-state index >= 15 is 0 Å². The first-order valence-electron chi connectivity index (χ1n) is 6.77. The van der Waals surface area contributed by atoms with Crippen molar-refractivity contribution in [1.29, 1.82) is 0 Å². The maximum atomic E-state index is 12.6. The summed E-state index contributed by atoms with van der Waals surface area (Å²) in [4.78, 5) is 12.6. The van der Waals surface area contributed by atoms with Crippen molar-refractivity contribution in [1.82, 2.24) is 0 Å². The highest BCUT2D eigenvalue weighted by Crippen LogP contribution is 2.43. The lowest BCUT2D eigenvalue weighted by atomic mass is 9.92. The van der Waals surface area contributed by atoms with Crippen LogP contribution in [0.15, 0.2) is 0 Å². The molecule has 0 aromatic heterocycles. The molecule has 4 nitrogen and oxygen atoms in total. The highest BCUT2D eigenvalue weighted by atomic mass is 16.5. The molecule has 0 aliphatic carbocycles. The topological polar surface area (TPSA) is 44.8 Å². The molecule has 0 aliphatic heterocycles. The van der Waals surface area contributed by atoms with Crippen LogP contribution >= 0.6 is 0 Å². The van der Waals surface area contributed by atoms with Crippen molar-refractivity contribution in [3.63, 3.8) is 0 Å². The van der Waals surface area contributed by atoms with Crippen molar-refractivity contribution in [2.75, 3.05) is 21.3 Å².